The van der Waals surface area contributed by atoms with Gasteiger partial charge < -0.3 is 10.1 Å². The molecule has 5 nitrogen and oxygen atoms in total. The highest BCUT2D eigenvalue weighted by Crippen LogP contribution is 2.40. The van der Waals surface area contributed by atoms with Crippen LogP contribution in [0, 0.1) is 0 Å². The van der Waals surface area contributed by atoms with E-state index in [0.717, 1.165) is 31.7 Å². The molecule has 0 spiro atoms. The minimum Gasteiger partial charge on any atom is -0.373 e. The molecule has 0 radical (unpaired) electrons. The lowest BCUT2D eigenvalue weighted by molar-refractivity contribution is -0.0795. The summed E-state index contributed by atoms with van der Waals surface area (Å²) in [5.41, 5.74) is 1.01. The van der Waals surface area contributed by atoms with Crippen molar-refractivity contribution in [1.82, 2.24) is 20.3 Å². The van der Waals surface area contributed by atoms with Crippen molar-refractivity contribution in [2.45, 2.75) is 64.0 Å². The van der Waals surface area contributed by atoms with Crippen LogP contribution in [0.25, 0.3) is 0 Å². The lowest BCUT2D eigenvalue weighted by Gasteiger charge is -2.40. The highest BCUT2D eigenvalue weighted by Gasteiger charge is 2.41. The van der Waals surface area contributed by atoms with Gasteiger partial charge in [-0.25, -0.2) is 0 Å². The van der Waals surface area contributed by atoms with Crippen LogP contribution < -0.4 is 5.32 Å². The van der Waals surface area contributed by atoms with Gasteiger partial charge in [0.2, 0.25) is 0 Å². The van der Waals surface area contributed by atoms with Crippen LogP contribution in [-0.4, -0.2) is 33.7 Å². The van der Waals surface area contributed by atoms with Crippen molar-refractivity contribution in [2.24, 2.45) is 7.05 Å². The lowest BCUT2D eigenvalue weighted by atomic mass is 9.84. The van der Waals surface area contributed by atoms with Crippen molar-refractivity contribution in [2.75, 3.05) is 13.2 Å². The number of nitrogens with one attached hydrogen (secondary N) is 1. The smallest absolute Gasteiger partial charge is 0.0892 e. The number of nitrogens with zero attached hydrogens (tertiary/aromatic N) is 3. The zero-order chi connectivity index (χ0) is 14.4. The average molecular weight is 280 g/mol. The van der Waals surface area contributed by atoms with E-state index in [4.69, 9.17) is 4.74 Å². The quantitative estimate of drug-likeness (QED) is 0.814. The minimum atomic E-state index is -0.114. The number of hydrogen-bond donors (Lipinski definition) is 1. The molecule has 1 atom stereocenters. The summed E-state index contributed by atoms with van der Waals surface area (Å²) in [6.45, 7) is 5.92. The van der Waals surface area contributed by atoms with Gasteiger partial charge in [-0.05, 0) is 26.3 Å². The van der Waals surface area contributed by atoms with E-state index in [1.165, 1.54) is 25.7 Å². The molecular weight excluding hydrogens is 252 g/mol. The maximum absolute atomic E-state index is 6.31. The first-order valence-corrected chi connectivity index (χ1v) is 7.95. The van der Waals surface area contributed by atoms with E-state index in [2.05, 4.69) is 29.5 Å². The van der Waals surface area contributed by atoms with E-state index >= 15 is 0 Å². The number of rotatable bonds is 6. The summed E-state index contributed by atoms with van der Waals surface area (Å²) in [6.07, 6.45) is 9.22. The van der Waals surface area contributed by atoms with E-state index < -0.39 is 0 Å². The van der Waals surface area contributed by atoms with Crippen molar-refractivity contribution in [3.8, 4) is 0 Å². The number of aromatic nitrogens is 3. The Hall–Kier alpha value is -0.940. The molecule has 0 saturated heterocycles. The molecule has 1 aliphatic rings. The number of ether oxygens (including phenoxy) is 1. The van der Waals surface area contributed by atoms with Crippen LogP contribution in [0.15, 0.2) is 6.20 Å². The molecule has 0 bridgehead atoms. The zero-order valence-electron chi connectivity index (χ0n) is 13.1. The van der Waals surface area contributed by atoms with Gasteiger partial charge in [0, 0.05) is 13.7 Å². The third kappa shape index (κ3) is 3.20. The van der Waals surface area contributed by atoms with Gasteiger partial charge in [0.25, 0.3) is 0 Å². The molecule has 0 amide bonds. The average Bonchev–Trinajstić information content (AvgIpc) is 2.72. The maximum atomic E-state index is 6.31. The Morgan fingerprint density at radius 3 is 2.50 bits per heavy atom. The van der Waals surface area contributed by atoms with Crippen LogP contribution in [0.2, 0.25) is 0 Å². The Kier molecular flexibility index (Phi) is 5.54. The molecule has 1 aliphatic carbocycles. The first kappa shape index (κ1) is 15.4. The lowest BCUT2D eigenvalue weighted by Crippen LogP contribution is -2.47. The molecular formula is C15H28N4O. The fourth-order valence-electron chi connectivity index (χ4n) is 3.45. The summed E-state index contributed by atoms with van der Waals surface area (Å²) >= 11 is 0. The van der Waals surface area contributed by atoms with Gasteiger partial charge in [-0.2, -0.15) is 0 Å². The predicted molar refractivity (Wildman–Crippen MR) is 79.5 cm³/mol. The molecule has 114 valence electrons. The van der Waals surface area contributed by atoms with Crippen molar-refractivity contribution in [3.63, 3.8) is 0 Å². The summed E-state index contributed by atoms with van der Waals surface area (Å²) in [5, 5.41) is 11.8. The fourth-order valence-corrected chi connectivity index (χ4v) is 3.45. The SMILES string of the molecule is CCNC(c1cnnn1C)C1(OCC)CCCCCC1. The van der Waals surface area contributed by atoms with Gasteiger partial charge in [-0.3, -0.25) is 4.68 Å². The number of aryl methyl sites for hydroxylation is 1. The van der Waals surface area contributed by atoms with Crippen molar-refractivity contribution >= 4 is 0 Å². The largest absolute Gasteiger partial charge is 0.373 e. The molecule has 20 heavy (non-hydrogen) atoms. The predicted octanol–water partition coefficient (Wildman–Crippen LogP) is 2.60. The molecule has 1 fully saturated rings. The van der Waals surface area contributed by atoms with Crippen LogP contribution in [0.4, 0.5) is 0 Å². The number of likely N-dealkylation sites (N-methyl/N-ethyl adjacent to an activating group) is 1. The maximum Gasteiger partial charge on any atom is 0.0892 e. The van der Waals surface area contributed by atoms with Crippen LogP contribution in [-0.2, 0) is 11.8 Å². The second-order valence-electron chi connectivity index (χ2n) is 5.69. The fraction of sp³-hybridized carbons (Fsp3) is 0.867. The summed E-state index contributed by atoms with van der Waals surface area (Å²) in [5.74, 6) is 0. The molecule has 2 rings (SSSR count). The summed E-state index contributed by atoms with van der Waals surface area (Å²) in [7, 11) is 1.96. The van der Waals surface area contributed by atoms with Crippen molar-refractivity contribution < 1.29 is 4.74 Å². The monoisotopic (exact) mass is 280 g/mol. The van der Waals surface area contributed by atoms with Gasteiger partial charge in [0.15, 0.2) is 0 Å². The third-order valence-corrected chi connectivity index (χ3v) is 4.36. The topological polar surface area (TPSA) is 52.0 Å². The minimum absolute atomic E-state index is 0.114. The Morgan fingerprint density at radius 2 is 2.00 bits per heavy atom. The second-order valence-corrected chi connectivity index (χ2v) is 5.69. The molecule has 1 aromatic rings. The van der Waals surface area contributed by atoms with Gasteiger partial charge in [-0.1, -0.05) is 37.8 Å². The van der Waals surface area contributed by atoms with Gasteiger partial charge in [0.05, 0.1) is 23.5 Å². The summed E-state index contributed by atoms with van der Waals surface area (Å²) in [6, 6.07) is 0.172. The molecule has 0 aromatic carbocycles. The Morgan fingerprint density at radius 1 is 1.30 bits per heavy atom. The summed E-state index contributed by atoms with van der Waals surface area (Å²) in [4.78, 5) is 0. The first-order chi connectivity index (χ1) is 9.73. The summed E-state index contributed by atoms with van der Waals surface area (Å²) < 4.78 is 8.19. The van der Waals surface area contributed by atoms with Crippen molar-refractivity contribution in [3.05, 3.63) is 11.9 Å². The molecule has 1 aromatic heterocycles. The second kappa shape index (κ2) is 7.18. The molecule has 1 N–H and O–H groups in total. The van der Waals surface area contributed by atoms with E-state index in [1.54, 1.807) is 0 Å². The first-order valence-electron chi connectivity index (χ1n) is 7.95. The van der Waals surface area contributed by atoms with Crippen LogP contribution in [0.1, 0.15) is 64.1 Å². The third-order valence-electron chi connectivity index (χ3n) is 4.36. The Balaban J connectivity index is 2.33. The van der Waals surface area contributed by atoms with Crippen LogP contribution in [0.5, 0.6) is 0 Å². The van der Waals surface area contributed by atoms with E-state index in [-0.39, 0.29) is 11.6 Å². The molecule has 1 heterocycles. The van der Waals surface area contributed by atoms with Gasteiger partial charge >= 0.3 is 0 Å². The zero-order valence-corrected chi connectivity index (χ0v) is 13.1. The van der Waals surface area contributed by atoms with Gasteiger partial charge in [-0.15, -0.1) is 5.10 Å². The van der Waals surface area contributed by atoms with E-state index in [1.807, 2.05) is 17.9 Å². The number of hydrogen-bond acceptors (Lipinski definition) is 4. The molecule has 1 unspecified atom stereocenters. The Labute approximate surface area is 122 Å². The standard InChI is InChI=1S/C15H28N4O/c1-4-16-14(13-12-17-18-19(13)3)15(20-5-2)10-8-6-7-9-11-15/h12,14,16H,4-11H2,1-3H3. The van der Waals surface area contributed by atoms with Gasteiger partial charge in [0.1, 0.15) is 0 Å². The Bertz CT molecular complexity index is 396. The van der Waals surface area contributed by atoms with Crippen LogP contribution in [0.3, 0.4) is 0 Å². The normalized spacial score (nSPS) is 20.6. The highest BCUT2D eigenvalue weighted by molar-refractivity contribution is 5.11. The molecule has 1 saturated carbocycles. The molecule has 0 aliphatic heterocycles. The van der Waals surface area contributed by atoms with E-state index in [9.17, 15) is 0 Å². The highest BCUT2D eigenvalue weighted by atomic mass is 16.5. The van der Waals surface area contributed by atoms with Crippen LogP contribution >= 0.6 is 0 Å². The van der Waals surface area contributed by atoms with E-state index in [0.29, 0.717) is 0 Å². The molecule has 5 heteroatoms. The van der Waals surface area contributed by atoms with Crippen molar-refractivity contribution in [1.29, 1.82) is 0 Å².